The molecule has 0 saturated heterocycles. The topological polar surface area (TPSA) is 160 Å². The van der Waals surface area contributed by atoms with Crippen molar-refractivity contribution in [2.75, 3.05) is 10.6 Å². The van der Waals surface area contributed by atoms with Gasteiger partial charge in [0.05, 0.1) is 10.1 Å². The maximum Gasteiger partial charge on any atom is 0.272 e. The molecular weight excluding hydrogens is 574 g/mol. The number of sulfonamides is 1. The number of primary sulfonamides is 1. The van der Waals surface area contributed by atoms with Crippen LogP contribution in [0.3, 0.4) is 0 Å². The average molecular weight is 602 g/mol. The van der Waals surface area contributed by atoms with E-state index in [4.69, 9.17) is 5.14 Å². The average Bonchev–Trinajstić information content (AvgIpc) is 2.98. The monoisotopic (exact) mass is 601 g/mol. The fourth-order valence-corrected chi connectivity index (χ4v) is 5.00. The van der Waals surface area contributed by atoms with Gasteiger partial charge in [-0.2, -0.15) is 0 Å². The minimum Gasteiger partial charge on any atom is -0.325 e. The second-order valence-corrected chi connectivity index (χ2v) is 11.9. The quantitative estimate of drug-likeness (QED) is 0.156. The summed E-state index contributed by atoms with van der Waals surface area (Å²) >= 11 is 1.30. The molecule has 1 unspecified atom stereocenters. The number of thioether (sulfide) groups is 1. The smallest absolute Gasteiger partial charge is 0.272 e. The van der Waals surface area contributed by atoms with Gasteiger partial charge in [0, 0.05) is 34.2 Å². The molecule has 0 aliphatic carbocycles. The molecule has 4 aromatic rings. The van der Waals surface area contributed by atoms with Crippen molar-refractivity contribution in [3.63, 3.8) is 0 Å². The van der Waals surface area contributed by atoms with E-state index in [0.29, 0.717) is 22.5 Å². The number of pyridine rings is 1. The Labute approximate surface area is 247 Å². The number of nitrogens with zero attached hydrogens (tertiary/aromatic N) is 1. The van der Waals surface area contributed by atoms with E-state index in [1.165, 1.54) is 42.1 Å². The number of carbonyl (C=O) groups excluding carboxylic acids is 3. The Kier molecular flexibility index (Phi) is 9.86. The van der Waals surface area contributed by atoms with Crippen LogP contribution >= 0.6 is 11.8 Å². The number of anilines is 2. The second kappa shape index (κ2) is 13.7. The van der Waals surface area contributed by atoms with Crippen molar-refractivity contribution in [2.45, 2.75) is 22.0 Å². The highest BCUT2D eigenvalue weighted by atomic mass is 32.2. The van der Waals surface area contributed by atoms with Crippen LogP contribution in [-0.2, 0) is 19.6 Å². The van der Waals surface area contributed by atoms with Crippen molar-refractivity contribution in [1.82, 2.24) is 10.3 Å². The molecule has 0 aliphatic heterocycles. The number of nitrogens with one attached hydrogen (secondary N) is 3. The number of rotatable bonds is 10. The van der Waals surface area contributed by atoms with Crippen molar-refractivity contribution in [2.24, 2.45) is 5.14 Å². The van der Waals surface area contributed by atoms with Crippen LogP contribution in [0.5, 0.6) is 0 Å². The fourth-order valence-electron chi connectivity index (χ4n) is 3.62. The summed E-state index contributed by atoms with van der Waals surface area (Å²) in [5.41, 5.74) is 2.00. The zero-order chi connectivity index (χ0) is 30.1. The zero-order valence-corrected chi connectivity index (χ0v) is 24.0. The van der Waals surface area contributed by atoms with Crippen molar-refractivity contribution in [1.29, 1.82) is 0 Å². The van der Waals surface area contributed by atoms with Crippen LogP contribution in [0.2, 0.25) is 0 Å². The summed E-state index contributed by atoms with van der Waals surface area (Å²) < 4.78 is 22.8. The molecule has 0 aliphatic rings. The van der Waals surface area contributed by atoms with Gasteiger partial charge < -0.3 is 16.0 Å². The van der Waals surface area contributed by atoms with Crippen LogP contribution in [0.15, 0.2) is 119 Å². The van der Waals surface area contributed by atoms with Gasteiger partial charge in [-0.3, -0.25) is 19.4 Å². The van der Waals surface area contributed by atoms with Crippen LogP contribution in [0.4, 0.5) is 11.4 Å². The third-order valence-corrected chi connectivity index (χ3v) is 7.81. The van der Waals surface area contributed by atoms with E-state index in [2.05, 4.69) is 20.9 Å². The van der Waals surface area contributed by atoms with Crippen LogP contribution < -0.4 is 21.1 Å². The normalized spacial score (nSPS) is 12.2. The minimum absolute atomic E-state index is 0.0395. The minimum atomic E-state index is -3.82. The maximum absolute atomic E-state index is 13.2. The van der Waals surface area contributed by atoms with Crippen molar-refractivity contribution in [3.8, 4) is 0 Å². The lowest BCUT2D eigenvalue weighted by atomic mass is 10.2. The predicted molar refractivity (Wildman–Crippen MR) is 163 cm³/mol. The van der Waals surface area contributed by atoms with E-state index in [-0.39, 0.29) is 16.5 Å². The van der Waals surface area contributed by atoms with Gasteiger partial charge in [-0.1, -0.05) is 24.3 Å². The van der Waals surface area contributed by atoms with E-state index < -0.39 is 27.1 Å². The lowest BCUT2D eigenvalue weighted by molar-refractivity contribution is -0.115. The molecule has 0 radical (unpaired) electrons. The first-order chi connectivity index (χ1) is 20.1. The van der Waals surface area contributed by atoms with Gasteiger partial charge in [-0.25, -0.2) is 13.6 Å². The number of carbonyl (C=O) groups is 3. The summed E-state index contributed by atoms with van der Waals surface area (Å²) in [6.07, 6.45) is 4.72. The molecule has 214 valence electrons. The van der Waals surface area contributed by atoms with Gasteiger partial charge in [0.1, 0.15) is 5.70 Å². The molecule has 10 nitrogen and oxygen atoms in total. The zero-order valence-electron chi connectivity index (χ0n) is 22.4. The molecule has 5 N–H and O–H groups in total. The summed E-state index contributed by atoms with van der Waals surface area (Å²) in [4.78, 5) is 43.4. The third-order valence-electron chi connectivity index (χ3n) is 5.77. The first-order valence-corrected chi connectivity index (χ1v) is 15.0. The van der Waals surface area contributed by atoms with Gasteiger partial charge in [0.25, 0.3) is 11.8 Å². The van der Waals surface area contributed by atoms with E-state index >= 15 is 0 Å². The Morgan fingerprint density at radius 3 is 2.12 bits per heavy atom. The Bertz CT molecular complexity index is 1690. The Balaban J connectivity index is 1.39. The van der Waals surface area contributed by atoms with Gasteiger partial charge in [-0.05, 0) is 85.3 Å². The Morgan fingerprint density at radius 2 is 1.50 bits per heavy atom. The molecule has 12 heteroatoms. The van der Waals surface area contributed by atoms with Gasteiger partial charge in [0.2, 0.25) is 15.9 Å². The SMILES string of the molecule is CC(Sc1ccc(NC(=O)/C(=C/c2cccnc2)NC(=O)c2ccccc2)cc1)C(=O)Nc1ccc(S(N)(=O)=O)cc1. The number of amides is 3. The third kappa shape index (κ3) is 8.61. The van der Waals surface area contributed by atoms with Crippen LogP contribution in [0.25, 0.3) is 6.08 Å². The molecule has 0 bridgehead atoms. The van der Waals surface area contributed by atoms with E-state index in [1.54, 1.807) is 86.0 Å². The molecule has 1 atom stereocenters. The fraction of sp³-hybridized carbons (Fsp3) is 0.0667. The van der Waals surface area contributed by atoms with E-state index in [9.17, 15) is 22.8 Å². The Morgan fingerprint density at radius 1 is 0.857 bits per heavy atom. The van der Waals surface area contributed by atoms with Gasteiger partial charge >= 0.3 is 0 Å². The van der Waals surface area contributed by atoms with Crippen molar-refractivity contribution in [3.05, 3.63) is 120 Å². The predicted octanol–water partition coefficient (Wildman–Crippen LogP) is 4.26. The molecule has 1 heterocycles. The number of benzene rings is 3. The lowest BCUT2D eigenvalue weighted by Gasteiger charge is -2.14. The Hall–Kier alpha value is -4.78. The van der Waals surface area contributed by atoms with Crippen molar-refractivity contribution >= 4 is 57.0 Å². The van der Waals surface area contributed by atoms with E-state index in [1.807, 2.05) is 0 Å². The lowest BCUT2D eigenvalue weighted by Crippen LogP contribution is -2.30. The molecule has 0 spiro atoms. The number of hydrogen-bond donors (Lipinski definition) is 4. The molecule has 3 amide bonds. The maximum atomic E-state index is 13.2. The molecule has 42 heavy (non-hydrogen) atoms. The summed E-state index contributed by atoms with van der Waals surface area (Å²) in [5.74, 6) is -1.23. The van der Waals surface area contributed by atoms with Gasteiger partial charge in [0.15, 0.2) is 0 Å². The summed E-state index contributed by atoms with van der Waals surface area (Å²) in [7, 11) is -3.82. The second-order valence-electron chi connectivity index (χ2n) is 8.96. The largest absolute Gasteiger partial charge is 0.325 e. The highest BCUT2D eigenvalue weighted by Crippen LogP contribution is 2.26. The molecule has 0 fully saturated rings. The first-order valence-electron chi connectivity index (χ1n) is 12.6. The summed E-state index contributed by atoms with van der Waals surface area (Å²) in [6, 6.07) is 24.5. The van der Waals surface area contributed by atoms with Crippen LogP contribution in [0.1, 0.15) is 22.8 Å². The summed E-state index contributed by atoms with van der Waals surface area (Å²) in [6.45, 7) is 1.74. The molecule has 1 aromatic heterocycles. The number of nitrogens with two attached hydrogens (primary N) is 1. The molecular formula is C30H27N5O5S2. The highest BCUT2D eigenvalue weighted by Gasteiger charge is 2.17. The number of aromatic nitrogens is 1. The summed E-state index contributed by atoms with van der Waals surface area (Å²) in [5, 5.41) is 12.8. The molecule has 0 saturated carbocycles. The van der Waals surface area contributed by atoms with Crippen molar-refractivity contribution < 1.29 is 22.8 Å². The van der Waals surface area contributed by atoms with E-state index in [0.717, 1.165) is 4.90 Å². The van der Waals surface area contributed by atoms with Crippen LogP contribution in [-0.4, -0.2) is 36.4 Å². The molecule has 3 aromatic carbocycles. The molecule has 4 rings (SSSR count). The number of hydrogen-bond acceptors (Lipinski definition) is 7. The van der Waals surface area contributed by atoms with Gasteiger partial charge in [-0.15, -0.1) is 11.8 Å². The standard InChI is InChI=1S/C30H27N5O5S2/c1-20(28(36)33-24-11-15-26(16-12-24)42(31,39)40)41-25-13-9-23(10-14-25)34-30(38)27(18-21-6-5-17-32-19-21)35-29(37)22-7-3-2-4-8-22/h2-20H,1H3,(H,33,36)(H,34,38)(H,35,37)(H2,31,39,40)/b27-18-. The first kappa shape index (κ1) is 30.2. The van der Waals surface area contributed by atoms with Crippen LogP contribution in [0, 0.1) is 0 Å². The highest BCUT2D eigenvalue weighted by molar-refractivity contribution is 8.00.